The van der Waals surface area contributed by atoms with Gasteiger partial charge in [-0.2, -0.15) is 5.10 Å². The molecule has 8 nitrogen and oxygen atoms in total. The summed E-state index contributed by atoms with van der Waals surface area (Å²) >= 11 is 1.18. The molecule has 1 heterocycles. The van der Waals surface area contributed by atoms with Crippen LogP contribution in [-0.4, -0.2) is 42.2 Å². The number of methoxy groups -OCH3 is 1. The largest absolute Gasteiger partial charge is 0.493 e. The summed E-state index contributed by atoms with van der Waals surface area (Å²) in [6.07, 6.45) is 1.60. The van der Waals surface area contributed by atoms with Crippen LogP contribution in [0, 0.1) is 6.92 Å². The van der Waals surface area contributed by atoms with Gasteiger partial charge in [0.25, 0.3) is 0 Å². The van der Waals surface area contributed by atoms with Gasteiger partial charge in [-0.15, -0.1) is 5.10 Å². The molecule has 0 unspecified atom stereocenters. The lowest BCUT2D eigenvalue weighted by atomic mass is 10.2. The van der Waals surface area contributed by atoms with Crippen LogP contribution in [0.3, 0.4) is 0 Å². The number of nitrogens with zero attached hydrogens (tertiary/aromatic N) is 2. The standard InChI is InChI=1S/C22H24N4O4S/c1-4-30-18-11-15(7-10-17(18)29-3)13-23-26-22-25-21(28)19(31-22)12-20(27)24-16-8-5-14(2)6-9-16/h5-11,13,19H,4,12H2,1-3H3,(H,24,27)(H,25,26,28)/b23-13-/t19-/m0/s1. The van der Waals surface area contributed by atoms with Crippen molar-refractivity contribution in [3.8, 4) is 11.5 Å². The average molecular weight is 441 g/mol. The Morgan fingerprint density at radius 2 is 2.00 bits per heavy atom. The van der Waals surface area contributed by atoms with E-state index in [9.17, 15) is 9.59 Å². The third-order valence-electron chi connectivity index (χ3n) is 4.33. The van der Waals surface area contributed by atoms with Crippen LogP contribution < -0.4 is 20.1 Å². The van der Waals surface area contributed by atoms with Crippen LogP contribution in [0.5, 0.6) is 11.5 Å². The van der Waals surface area contributed by atoms with E-state index >= 15 is 0 Å². The molecule has 1 aliphatic rings. The molecule has 1 saturated heterocycles. The number of thioether (sulfide) groups is 1. The van der Waals surface area contributed by atoms with Gasteiger partial charge in [-0.3, -0.25) is 9.59 Å². The number of carbonyl (C=O) groups excluding carboxylic acids is 2. The van der Waals surface area contributed by atoms with E-state index in [1.807, 2.05) is 44.2 Å². The zero-order chi connectivity index (χ0) is 22.2. The zero-order valence-corrected chi connectivity index (χ0v) is 18.4. The highest BCUT2D eigenvalue weighted by atomic mass is 32.2. The molecule has 0 bridgehead atoms. The van der Waals surface area contributed by atoms with Crippen molar-refractivity contribution in [2.24, 2.45) is 10.2 Å². The maximum atomic E-state index is 12.2. The lowest BCUT2D eigenvalue weighted by Gasteiger charge is -2.09. The number of ether oxygens (including phenoxy) is 2. The van der Waals surface area contributed by atoms with Crippen molar-refractivity contribution in [2.45, 2.75) is 25.5 Å². The number of amidine groups is 1. The second-order valence-electron chi connectivity index (χ2n) is 6.71. The lowest BCUT2D eigenvalue weighted by Crippen LogP contribution is -2.28. The Morgan fingerprint density at radius 3 is 2.71 bits per heavy atom. The quantitative estimate of drug-likeness (QED) is 0.484. The van der Waals surface area contributed by atoms with E-state index < -0.39 is 5.25 Å². The maximum Gasteiger partial charge on any atom is 0.240 e. The second-order valence-corrected chi connectivity index (χ2v) is 7.90. The highest BCUT2D eigenvalue weighted by Crippen LogP contribution is 2.27. The molecule has 31 heavy (non-hydrogen) atoms. The van der Waals surface area contributed by atoms with Crippen LogP contribution in [-0.2, 0) is 9.59 Å². The van der Waals surface area contributed by atoms with Crippen molar-refractivity contribution in [3.63, 3.8) is 0 Å². The highest BCUT2D eigenvalue weighted by molar-refractivity contribution is 8.15. The van der Waals surface area contributed by atoms with E-state index in [0.29, 0.717) is 29.0 Å². The van der Waals surface area contributed by atoms with E-state index in [4.69, 9.17) is 9.47 Å². The predicted octanol–water partition coefficient (Wildman–Crippen LogP) is 3.35. The Kier molecular flexibility index (Phi) is 7.66. The van der Waals surface area contributed by atoms with Crippen molar-refractivity contribution in [1.82, 2.24) is 5.32 Å². The van der Waals surface area contributed by atoms with E-state index in [0.717, 1.165) is 11.1 Å². The summed E-state index contributed by atoms with van der Waals surface area (Å²) in [5, 5.41) is 13.3. The van der Waals surface area contributed by atoms with Crippen LogP contribution >= 0.6 is 11.8 Å². The molecule has 2 amide bonds. The first-order valence-electron chi connectivity index (χ1n) is 9.74. The molecule has 9 heteroatoms. The van der Waals surface area contributed by atoms with Crippen molar-refractivity contribution < 1.29 is 19.1 Å². The zero-order valence-electron chi connectivity index (χ0n) is 17.5. The molecule has 0 saturated carbocycles. The number of aryl methyl sites for hydroxylation is 1. The number of nitrogens with one attached hydrogen (secondary N) is 2. The smallest absolute Gasteiger partial charge is 0.240 e. The van der Waals surface area contributed by atoms with Gasteiger partial charge >= 0.3 is 0 Å². The van der Waals surface area contributed by atoms with Crippen LogP contribution in [0.15, 0.2) is 52.7 Å². The molecule has 1 atom stereocenters. The monoisotopic (exact) mass is 440 g/mol. The van der Waals surface area contributed by atoms with Crippen LogP contribution in [0.4, 0.5) is 5.69 Å². The van der Waals surface area contributed by atoms with Gasteiger partial charge < -0.3 is 20.1 Å². The molecule has 1 fully saturated rings. The van der Waals surface area contributed by atoms with Crippen LogP contribution in [0.2, 0.25) is 0 Å². The predicted molar refractivity (Wildman–Crippen MR) is 123 cm³/mol. The SMILES string of the molecule is CCOc1cc(/C=N\N=C2/NC(=O)[C@H](CC(=O)Nc3ccc(C)cc3)S2)ccc1OC. The molecule has 162 valence electrons. The van der Waals surface area contributed by atoms with Gasteiger partial charge in [-0.05, 0) is 49.7 Å². The number of hydrogen-bond acceptors (Lipinski definition) is 7. The second kappa shape index (κ2) is 10.6. The van der Waals surface area contributed by atoms with Crippen molar-refractivity contribution in [3.05, 3.63) is 53.6 Å². The van der Waals surface area contributed by atoms with Gasteiger partial charge in [-0.25, -0.2) is 0 Å². The number of hydrogen-bond donors (Lipinski definition) is 2. The Bertz CT molecular complexity index is 1010. The molecule has 2 N–H and O–H groups in total. The van der Waals surface area contributed by atoms with Gasteiger partial charge in [0, 0.05) is 12.1 Å². The fraction of sp³-hybridized carbons (Fsp3) is 0.273. The molecular formula is C22H24N4O4S. The van der Waals surface area contributed by atoms with Gasteiger partial charge in [0.2, 0.25) is 11.8 Å². The fourth-order valence-corrected chi connectivity index (χ4v) is 3.72. The Morgan fingerprint density at radius 1 is 1.23 bits per heavy atom. The third-order valence-corrected chi connectivity index (χ3v) is 5.40. The number of rotatable bonds is 8. The summed E-state index contributed by atoms with van der Waals surface area (Å²) in [5.74, 6) is 0.754. The average Bonchev–Trinajstić information content (AvgIpc) is 3.09. The van der Waals surface area contributed by atoms with Crippen molar-refractivity contribution in [2.75, 3.05) is 19.0 Å². The summed E-state index contributed by atoms with van der Waals surface area (Å²) in [6.45, 7) is 4.38. The van der Waals surface area contributed by atoms with E-state index in [1.165, 1.54) is 11.8 Å². The Balaban J connectivity index is 1.57. The highest BCUT2D eigenvalue weighted by Gasteiger charge is 2.32. The molecule has 0 aromatic heterocycles. The van der Waals surface area contributed by atoms with Crippen LogP contribution in [0.25, 0.3) is 0 Å². The molecular weight excluding hydrogens is 416 g/mol. The summed E-state index contributed by atoms with van der Waals surface area (Å²) < 4.78 is 10.8. The maximum absolute atomic E-state index is 12.2. The summed E-state index contributed by atoms with van der Waals surface area (Å²) in [7, 11) is 1.58. The summed E-state index contributed by atoms with van der Waals surface area (Å²) in [6, 6.07) is 12.9. The van der Waals surface area contributed by atoms with Crippen molar-refractivity contribution in [1.29, 1.82) is 0 Å². The summed E-state index contributed by atoms with van der Waals surface area (Å²) in [4.78, 5) is 24.4. The third kappa shape index (κ3) is 6.32. The fourth-order valence-electron chi connectivity index (χ4n) is 2.79. The van der Waals surface area contributed by atoms with E-state index in [2.05, 4.69) is 20.8 Å². The van der Waals surface area contributed by atoms with E-state index in [-0.39, 0.29) is 18.2 Å². The van der Waals surface area contributed by atoms with Gasteiger partial charge in [0.05, 0.1) is 19.9 Å². The topological polar surface area (TPSA) is 101 Å². The normalized spacial score (nSPS) is 17.1. The minimum atomic E-state index is -0.551. The van der Waals surface area contributed by atoms with Gasteiger partial charge in [0.1, 0.15) is 5.25 Å². The molecule has 0 spiro atoms. The molecule has 3 rings (SSSR count). The minimum absolute atomic E-state index is 0.0449. The van der Waals surface area contributed by atoms with Crippen molar-refractivity contribution >= 4 is 40.6 Å². The molecule has 1 aliphatic heterocycles. The first-order valence-corrected chi connectivity index (χ1v) is 10.6. The first kappa shape index (κ1) is 22.4. The number of anilines is 1. The number of carbonyl (C=O) groups is 2. The number of benzene rings is 2. The molecule has 0 radical (unpaired) electrons. The lowest BCUT2D eigenvalue weighted by molar-refractivity contribution is -0.122. The van der Waals surface area contributed by atoms with Gasteiger partial charge in [-0.1, -0.05) is 29.5 Å². The van der Waals surface area contributed by atoms with Crippen LogP contribution in [0.1, 0.15) is 24.5 Å². The Labute approximate surface area is 185 Å². The molecule has 2 aromatic rings. The minimum Gasteiger partial charge on any atom is -0.493 e. The molecule has 2 aromatic carbocycles. The van der Waals surface area contributed by atoms with Gasteiger partial charge in [0.15, 0.2) is 16.7 Å². The Hall–Kier alpha value is -3.33. The molecule has 0 aliphatic carbocycles. The number of amides is 2. The summed E-state index contributed by atoms with van der Waals surface area (Å²) in [5.41, 5.74) is 2.58. The first-order chi connectivity index (χ1) is 15.0. The van der Waals surface area contributed by atoms with E-state index in [1.54, 1.807) is 25.5 Å².